The molecule has 0 heterocycles. The fourth-order valence-electron chi connectivity index (χ4n) is 2.18. The summed E-state index contributed by atoms with van der Waals surface area (Å²) in [7, 11) is 1.64. The van der Waals surface area contributed by atoms with Gasteiger partial charge in [0.15, 0.2) is 11.5 Å². The maximum Gasteiger partial charge on any atom is 0.161 e. The van der Waals surface area contributed by atoms with Gasteiger partial charge in [0.05, 0.1) is 13.7 Å². The minimum atomic E-state index is 0.208. The van der Waals surface area contributed by atoms with E-state index in [0.29, 0.717) is 12.5 Å². The van der Waals surface area contributed by atoms with Crippen molar-refractivity contribution in [1.82, 2.24) is 0 Å². The quantitative estimate of drug-likeness (QED) is 0.824. The molecule has 0 spiro atoms. The van der Waals surface area contributed by atoms with Gasteiger partial charge in [0.2, 0.25) is 0 Å². The summed E-state index contributed by atoms with van der Waals surface area (Å²) in [6, 6.07) is 7.62. The highest BCUT2D eigenvalue weighted by atomic mass is 16.5. The van der Waals surface area contributed by atoms with E-state index in [1.54, 1.807) is 7.11 Å². The van der Waals surface area contributed by atoms with Gasteiger partial charge in [0.1, 0.15) is 0 Å². The van der Waals surface area contributed by atoms with Crippen LogP contribution in [0.3, 0.4) is 0 Å². The molecule has 1 unspecified atom stereocenters. The molecule has 1 saturated carbocycles. The van der Waals surface area contributed by atoms with Crippen LogP contribution in [0, 0.1) is 11.8 Å². The number of aliphatic hydroxyl groups is 1. The first-order valence-electron chi connectivity index (χ1n) is 6.22. The SMILES string of the molecule is COc1ccccc1OCC(CO)C1CCC1. The Morgan fingerprint density at radius 1 is 1.29 bits per heavy atom. The largest absolute Gasteiger partial charge is 0.493 e. The smallest absolute Gasteiger partial charge is 0.161 e. The first kappa shape index (κ1) is 12.2. The number of benzene rings is 1. The fraction of sp³-hybridized carbons (Fsp3) is 0.571. The lowest BCUT2D eigenvalue weighted by Gasteiger charge is -2.32. The zero-order valence-electron chi connectivity index (χ0n) is 10.3. The van der Waals surface area contributed by atoms with Gasteiger partial charge >= 0.3 is 0 Å². The van der Waals surface area contributed by atoms with Crippen molar-refractivity contribution in [2.24, 2.45) is 11.8 Å². The van der Waals surface area contributed by atoms with Crippen LogP contribution in [0.25, 0.3) is 0 Å². The molecule has 0 radical (unpaired) electrons. The molecule has 1 aliphatic rings. The number of hydrogen-bond donors (Lipinski definition) is 1. The number of methoxy groups -OCH3 is 1. The van der Waals surface area contributed by atoms with E-state index in [1.807, 2.05) is 24.3 Å². The van der Waals surface area contributed by atoms with Crippen molar-refractivity contribution < 1.29 is 14.6 Å². The Labute approximate surface area is 102 Å². The van der Waals surface area contributed by atoms with Crippen LogP contribution in [0.5, 0.6) is 11.5 Å². The van der Waals surface area contributed by atoms with Crippen molar-refractivity contribution >= 4 is 0 Å². The second-order valence-corrected chi connectivity index (χ2v) is 4.60. The molecule has 0 saturated heterocycles. The Morgan fingerprint density at radius 3 is 2.53 bits per heavy atom. The Bertz CT molecular complexity index is 347. The molecular weight excluding hydrogens is 216 g/mol. The van der Waals surface area contributed by atoms with Crippen molar-refractivity contribution in [3.63, 3.8) is 0 Å². The van der Waals surface area contributed by atoms with E-state index in [-0.39, 0.29) is 12.5 Å². The molecule has 3 heteroatoms. The maximum absolute atomic E-state index is 9.35. The van der Waals surface area contributed by atoms with E-state index >= 15 is 0 Å². The van der Waals surface area contributed by atoms with Gasteiger partial charge in [-0.2, -0.15) is 0 Å². The average Bonchev–Trinajstić information content (AvgIpc) is 2.32. The minimum absolute atomic E-state index is 0.208. The molecule has 1 aromatic carbocycles. The van der Waals surface area contributed by atoms with E-state index in [2.05, 4.69) is 0 Å². The molecule has 0 aliphatic heterocycles. The summed E-state index contributed by atoms with van der Waals surface area (Å²) in [5, 5.41) is 9.35. The predicted molar refractivity (Wildman–Crippen MR) is 66.4 cm³/mol. The summed E-state index contributed by atoms with van der Waals surface area (Å²) in [5.41, 5.74) is 0. The van der Waals surface area contributed by atoms with Gasteiger partial charge in [-0.25, -0.2) is 0 Å². The molecule has 1 fully saturated rings. The van der Waals surface area contributed by atoms with Crippen LogP contribution < -0.4 is 9.47 Å². The Hall–Kier alpha value is -1.22. The monoisotopic (exact) mass is 236 g/mol. The van der Waals surface area contributed by atoms with Gasteiger partial charge in [-0.3, -0.25) is 0 Å². The van der Waals surface area contributed by atoms with Crippen molar-refractivity contribution in [1.29, 1.82) is 0 Å². The topological polar surface area (TPSA) is 38.7 Å². The second-order valence-electron chi connectivity index (χ2n) is 4.60. The van der Waals surface area contributed by atoms with E-state index in [4.69, 9.17) is 9.47 Å². The molecular formula is C14H20O3. The molecule has 1 aromatic rings. The average molecular weight is 236 g/mol. The van der Waals surface area contributed by atoms with Crippen molar-refractivity contribution in [3.8, 4) is 11.5 Å². The van der Waals surface area contributed by atoms with Crippen LogP contribution in [0.4, 0.5) is 0 Å². The number of hydrogen-bond acceptors (Lipinski definition) is 3. The van der Waals surface area contributed by atoms with E-state index < -0.39 is 0 Å². The summed E-state index contributed by atoms with van der Waals surface area (Å²) in [4.78, 5) is 0. The Morgan fingerprint density at radius 2 is 2.00 bits per heavy atom. The third-order valence-electron chi connectivity index (χ3n) is 3.57. The number of aliphatic hydroxyl groups excluding tert-OH is 1. The zero-order valence-corrected chi connectivity index (χ0v) is 10.3. The van der Waals surface area contributed by atoms with E-state index in [9.17, 15) is 5.11 Å². The lowest BCUT2D eigenvalue weighted by Crippen LogP contribution is -2.29. The maximum atomic E-state index is 9.35. The highest BCUT2D eigenvalue weighted by Crippen LogP contribution is 2.34. The molecule has 0 amide bonds. The van der Waals surface area contributed by atoms with Crippen molar-refractivity contribution in [2.45, 2.75) is 19.3 Å². The zero-order chi connectivity index (χ0) is 12.1. The first-order chi connectivity index (χ1) is 8.35. The standard InChI is InChI=1S/C14H20O3/c1-16-13-7-2-3-8-14(13)17-10-12(9-15)11-5-4-6-11/h2-3,7-8,11-12,15H,4-6,9-10H2,1H3. The van der Waals surface area contributed by atoms with Crippen molar-refractivity contribution in [2.75, 3.05) is 20.3 Å². The van der Waals surface area contributed by atoms with E-state index in [0.717, 1.165) is 11.5 Å². The second kappa shape index (κ2) is 5.92. The highest BCUT2D eigenvalue weighted by Gasteiger charge is 2.27. The van der Waals surface area contributed by atoms with E-state index in [1.165, 1.54) is 19.3 Å². The van der Waals surface area contributed by atoms with Gasteiger partial charge in [-0.15, -0.1) is 0 Å². The van der Waals surface area contributed by atoms with Gasteiger partial charge in [0, 0.05) is 12.5 Å². The third-order valence-corrected chi connectivity index (χ3v) is 3.57. The number of para-hydroxylation sites is 2. The fourth-order valence-corrected chi connectivity index (χ4v) is 2.18. The lowest BCUT2D eigenvalue weighted by atomic mass is 9.76. The van der Waals surface area contributed by atoms with Crippen LogP contribution in [-0.4, -0.2) is 25.4 Å². The molecule has 94 valence electrons. The summed E-state index contributed by atoms with van der Waals surface area (Å²) in [6.07, 6.45) is 3.73. The lowest BCUT2D eigenvalue weighted by molar-refractivity contribution is 0.0784. The van der Waals surface area contributed by atoms with Crippen LogP contribution in [0.2, 0.25) is 0 Å². The molecule has 0 bridgehead atoms. The molecule has 3 nitrogen and oxygen atoms in total. The molecule has 1 atom stereocenters. The normalized spacial score (nSPS) is 17.3. The van der Waals surface area contributed by atoms with Crippen LogP contribution >= 0.6 is 0 Å². The molecule has 0 aromatic heterocycles. The van der Waals surface area contributed by atoms with Crippen LogP contribution in [-0.2, 0) is 0 Å². The molecule has 2 rings (SSSR count). The summed E-state index contributed by atoms with van der Waals surface area (Å²) in [6.45, 7) is 0.779. The molecule has 1 aliphatic carbocycles. The summed E-state index contributed by atoms with van der Waals surface area (Å²) in [5.74, 6) is 2.40. The van der Waals surface area contributed by atoms with Gasteiger partial charge in [0.25, 0.3) is 0 Å². The molecule has 1 N–H and O–H groups in total. The van der Waals surface area contributed by atoms with Gasteiger partial charge in [-0.1, -0.05) is 18.6 Å². The van der Waals surface area contributed by atoms with Crippen LogP contribution in [0.15, 0.2) is 24.3 Å². The highest BCUT2D eigenvalue weighted by molar-refractivity contribution is 5.39. The van der Waals surface area contributed by atoms with Crippen molar-refractivity contribution in [3.05, 3.63) is 24.3 Å². The minimum Gasteiger partial charge on any atom is -0.493 e. The summed E-state index contributed by atoms with van der Waals surface area (Å²) >= 11 is 0. The van der Waals surface area contributed by atoms with Gasteiger partial charge in [-0.05, 0) is 30.9 Å². The molecule has 17 heavy (non-hydrogen) atoms. The Balaban J connectivity index is 1.91. The predicted octanol–water partition coefficient (Wildman–Crippen LogP) is 2.48. The number of rotatable bonds is 6. The Kier molecular flexibility index (Phi) is 4.26. The number of ether oxygens (including phenoxy) is 2. The third kappa shape index (κ3) is 2.91. The van der Waals surface area contributed by atoms with Gasteiger partial charge < -0.3 is 14.6 Å². The summed E-state index contributed by atoms with van der Waals surface area (Å²) < 4.78 is 11.0. The van der Waals surface area contributed by atoms with Crippen LogP contribution in [0.1, 0.15) is 19.3 Å². The first-order valence-corrected chi connectivity index (χ1v) is 6.22.